The normalized spacial score (nSPS) is 17.8. The summed E-state index contributed by atoms with van der Waals surface area (Å²) < 4.78 is 46.0. The first-order valence-electron chi connectivity index (χ1n) is 11.6. The minimum absolute atomic E-state index is 0.0232. The number of alkyl halides is 3. The summed E-state index contributed by atoms with van der Waals surface area (Å²) in [4.78, 5) is 33.1. The summed E-state index contributed by atoms with van der Waals surface area (Å²) in [5, 5.41) is 8.39. The van der Waals surface area contributed by atoms with Crippen molar-refractivity contribution in [2.24, 2.45) is 0 Å². The van der Waals surface area contributed by atoms with Gasteiger partial charge in [0.25, 0.3) is 0 Å². The molecular weight excluding hydrogens is 477 g/mol. The van der Waals surface area contributed by atoms with Crippen molar-refractivity contribution in [3.05, 3.63) is 48.2 Å². The Kier molecular flexibility index (Phi) is 7.32. The van der Waals surface area contributed by atoms with Crippen molar-refractivity contribution in [2.75, 3.05) is 36.1 Å². The largest absolute Gasteiger partial charge is 0.453 e. The predicted molar refractivity (Wildman–Crippen MR) is 128 cm³/mol. The summed E-state index contributed by atoms with van der Waals surface area (Å²) in [6.45, 7) is 4.19. The second kappa shape index (κ2) is 10.4. The van der Waals surface area contributed by atoms with Crippen LogP contribution in [0.15, 0.2) is 37.1 Å². The van der Waals surface area contributed by atoms with Crippen LogP contribution in [0.2, 0.25) is 0 Å². The first-order valence-corrected chi connectivity index (χ1v) is 11.6. The van der Waals surface area contributed by atoms with Crippen LogP contribution < -0.4 is 16.0 Å². The molecule has 2 fully saturated rings. The van der Waals surface area contributed by atoms with Gasteiger partial charge < -0.3 is 25.6 Å². The molecule has 3 N–H and O–H groups in total. The van der Waals surface area contributed by atoms with Crippen LogP contribution in [-0.4, -0.2) is 53.1 Å². The number of aromatic nitrogens is 2. The van der Waals surface area contributed by atoms with Crippen molar-refractivity contribution in [2.45, 2.75) is 43.8 Å². The third kappa shape index (κ3) is 5.69. The van der Waals surface area contributed by atoms with Crippen LogP contribution in [0.4, 0.5) is 41.1 Å². The van der Waals surface area contributed by atoms with E-state index in [1.165, 1.54) is 12.0 Å². The molecule has 12 heteroatoms. The molecular formula is C24H27F3N6O3. The van der Waals surface area contributed by atoms with E-state index in [0.29, 0.717) is 37.3 Å². The van der Waals surface area contributed by atoms with E-state index >= 15 is 0 Å². The number of anilines is 4. The Morgan fingerprint density at radius 3 is 2.64 bits per heavy atom. The van der Waals surface area contributed by atoms with Crippen molar-refractivity contribution in [3.8, 4) is 0 Å². The van der Waals surface area contributed by atoms with Crippen LogP contribution in [0.5, 0.6) is 0 Å². The SMILES string of the molecule is C=CC(=O)Nc1cc(C2CCC2)ccc1Nc1nc(N[C@H]2CCN(C(=O)OC)C2)ncc1C(F)(F)F. The van der Waals surface area contributed by atoms with Crippen LogP contribution in [0.1, 0.15) is 42.7 Å². The van der Waals surface area contributed by atoms with E-state index < -0.39 is 29.6 Å². The van der Waals surface area contributed by atoms with Crippen molar-refractivity contribution in [1.29, 1.82) is 0 Å². The number of carbonyl (C=O) groups excluding carboxylic acids is 2. The summed E-state index contributed by atoms with van der Waals surface area (Å²) in [5.41, 5.74) is 0.527. The zero-order valence-corrected chi connectivity index (χ0v) is 19.7. The van der Waals surface area contributed by atoms with Crippen LogP contribution >= 0.6 is 0 Å². The van der Waals surface area contributed by atoms with Crippen molar-refractivity contribution < 1.29 is 27.5 Å². The summed E-state index contributed by atoms with van der Waals surface area (Å²) in [5.74, 6) is -0.616. The highest BCUT2D eigenvalue weighted by Gasteiger charge is 2.36. The Morgan fingerprint density at radius 1 is 1.22 bits per heavy atom. The third-order valence-corrected chi connectivity index (χ3v) is 6.36. The van der Waals surface area contributed by atoms with Gasteiger partial charge in [-0.2, -0.15) is 18.2 Å². The van der Waals surface area contributed by atoms with Gasteiger partial charge in [0.15, 0.2) is 0 Å². The molecule has 36 heavy (non-hydrogen) atoms. The van der Waals surface area contributed by atoms with E-state index in [0.717, 1.165) is 30.9 Å². The molecule has 1 aromatic carbocycles. The number of methoxy groups -OCH3 is 1. The molecule has 9 nitrogen and oxygen atoms in total. The minimum Gasteiger partial charge on any atom is -0.453 e. The predicted octanol–water partition coefficient (Wildman–Crippen LogP) is 4.88. The number of likely N-dealkylation sites (tertiary alicyclic amines) is 1. The van der Waals surface area contributed by atoms with Crippen molar-refractivity contribution >= 4 is 35.1 Å². The quantitative estimate of drug-likeness (QED) is 0.461. The fourth-order valence-electron chi connectivity index (χ4n) is 4.19. The molecule has 2 heterocycles. The first kappa shape index (κ1) is 25.3. The van der Waals surface area contributed by atoms with Crippen molar-refractivity contribution in [1.82, 2.24) is 14.9 Å². The number of nitrogens with one attached hydrogen (secondary N) is 3. The molecule has 1 aliphatic heterocycles. The molecule has 1 aromatic heterocycles. The highest BCUT2D eigenvalue weighted by Crippen LogP contribution is 2.40. The number of rotatable bonds is 7. The summed E-state index contributed by atoms with van der Waals surface area (Å²) in [6, 6.07) is 4.98. The van der Waals surface area contributed by atoms with E-state index in [-0.39, 0.29) is 17.7 Å². The van der Waals surface area contributed by atoms with E-state index in [2.05, 4.69) is 32.5 Å². The van der Waals surface area contributed by atoms with Gasteiger partial charge in [0.2, 0.25) is 11.9 Å². The molecule has 2 amide bonds. The summed E-state index contributed by atoms with van der Waals surface area (Å²) in [6.07, 6.45) is 0.319. The van der Waals surface area contributed by atoms with Gasteiger partial charge in [-0.1, -0.05) is 19.1 Å². The zero-order chi connectivity index (χ0) is 25.9. The molecule has 2 aliphatic rings. The average molecular weight is 505 g/mol. The molecule has 0 bridgehead atoms. The minimum atomic E-state index is -4.72. The van der Waals surface area contributed by atoms with Crippen LogP contribution in [-0.2, 0) is 15.7 Å². The Labute approximate surface area is 206 Å². The average Bonchev–Trinajstić information content (AvgIpc) is 3.26. The van der Waals surface area contributed by atoms with E-state index in [1.54, 1.807) is 12.1 Å². The standard InChI is InChI=1S/C24H27F3N6O3/c1-3-20(34)30-19-11-15(14-5-4-6-14)7-8-18(19)31-21-17(24(25,26)27)12-28-22(32-21)29-16-9-10-33(13-16)23(35)36-2/h3,7-8,11-12,14,16H,1,4-6,9-10,13H2,2H3,(H,30,34)(H2,28,29,31,32)/t16-/m0/s1. The van der Waals surface area contributed by atoms with Crippen LogP contribution in [0.3, 0.4) is 0 Å². The smallest absolute Gasteiger partial charge is 0.421 e. The number of benzene rings is 1. The number of amides is 2. The fraction of sp³-hybridized carbons (Fsp3) is 0.417. The molecule has 1 saturated heterocycles. The van der Waals surface area contributed by atoms with Crippen molar-refractivity contribution in [3.63, 3.8) is 0 Å². The lowest BCUT2D eigenvalue weighted by Gasteiger charge is -2.27. The van der Waals surface area contributed by atoms with Gasteiger partial charge in [-0.15, -0.1) is 0 Å². The Bertz CT molecular complexity index is 1150. The van der Waals surface area contributed by atoms with Gasteiger partial charge in [-0.3, -0.25) is 4.79 Å². The van der Waals surface area contributed by atoms with Gasteiger partial charge >= 0.3 is 12.3 Å². The highest BCUT2D eigenvalue weighted by atomic mass is 19.4. The Hall–Kier alpha value is -3.83. The summed E-state index contributed by atoms with van der Waals surface area (Å²) in [7, 11) is 1.28. The number of nitrogens with zero attached hydrogens (tertiary/aromatic N) is 3. The first-order chi connectivity index (χ1) is 17.2. The van der Waals surface area contributed by atoms with Gasteiger partial charge in [-0.05, 0) is 49.0 Å². The molecule has 4 rings (SSSR count). The maximum atomic E-state index is 13.8. The number of halogens is 3. The highest BCUT2D eigenvalue weighted by molar-refractivity contribution is 6.01. The molecule has 1 aliphatic carbocycles. The molecule has 1 atom stereocenters. The fourth-order valence-corrected chi connectivity index (χ4v) is 4.19. The lowest BCUT2D eigenvalue weighted by atomic mass is 9.80. The maximum Gasteiger partial charge on any atom is 0.421 e. The van der Waals surface area contributed by atoms with E-state index in [4.69, 9.17) is 4.74 Å². The molecule has 0 radical (unpaired) electrons. The zero-order valence-electron chi connectivity index (χ0n) is 19.7. The van der Waals surface area contributed by atoms with Crippen LogP contribution in [0, 0.1) is 0 Å². The number of hydrogen-bond donors (Lipinski definition) is 3. The Morgan fingerprint density at radius 2 is 2.00 bits per heavy atom. The molecule has 2 aromatic rings. The lowest BCUT2D eigenvalue weighted by molar-refractivity contribution is -0.137. The topological polar surface area (TPSA) is 108 Å². The monoisotopic (exact) mass is 504 g/mol. The van der Waals surface area contributed by atoms with Crippen LogP contribution in [0.25, 0.3) is 0 Å². The van der Waals surface area contributed by atoms with Gasteiger partial charge in [0, 0.05) is 25.3 Å². The Balaban J connectivity index is 1.61. The van der Waals surface area contributed by atoms with Gasteiger partial charge in [0.1, 0.15) is 11.4 Å². The molecule has 0 unspecified atom stereocenters. The second-order valence-electron chi connectivity index (χ2n) is 8.75. The summed E-state index contributed by atoms with van der Waals surface area (Å²) >= 11 is 0. The van der Waals surface area contributed by atoms with E-state index in [1.807, 2.05) is 6.07 Å². The second-order valence-corrected chi connectivity index (χ2v) is 8.75. The maximum absolute atomic E-state index is 13.8. The number of ether oxygens (including phenoxy) is 1. The molecule has 0 spiro atoms. The van der Waals surface area contributed by atoms with E-state index in [9.17, 15) is 22.8 Å². The molecule has 1 saturated carbocycles. The lowest BCUT2D eigenvalue weighted by Crippen LogP contribution is -2.31. The number of hydrogen-bond acceptors (Lipinski definition) is 7. The third-order valence-electron chi connectivity index (χ3n) is 6.36. The number of carbonyl (C=O) groups is 2. The van der Waals surface area contributed by atoms with Gasteiger partial charge in [0.05, 0.1) is 18.5 Å². The molecule has 192 valence electrons. The van der Waals surface area contributed by atoms with Gasteiger partial charge in [-0.25, -0.2) is 9.78 Å².